The summed E-state index contributed by atoms with van der Waals surface area (Å²) in [6, 6.07) is 10.3. The second kappa shape index (κ2) is 8.03. The fourth-order valence-corrected chi connectivity index (χ4v) is 2.76. The van der Waals surface area contributed by atoms with E-state index in [1.807, 2.05) is 29.1 Å². The molecule has 0 unspecified atom stereocenters. The normalized spacial score (nSPS) is 11.2. The molecule has 128 valence electrons. The van der Waals surface area contributed by atoms with Crippen LogP contribution in [0.25, 0.3) is 0 Å². The zero-order chi connectivity index (χ0) is 17.6. The van der Waals surface area contributed by atoms with Gasteiger partial charge in [0, 0.05) is 18.7 Å². The van der Waals surface area contributed by atoms with Crippen molar-refractivity contribution in [3.63, 3.8) is 0 Å². The lowest BCUT2D eigenvalue weighted by atomic mass is 10.1. The van der Waals surface area contributed by atoms with Gasteiger partial charge in [-0.1, -0.05) is 19.1 Å². The Morgan fingerprint density at radius 1 is 1.08 bits per heavy atom. The van der Waals surface area contributed by atoms with Crippen LogP contribution in [0, 0.1) is 0 Å². The van der Waals surface area contributed by atoms with Gasteiger partial charge in [-0.25, -0.2) is 13.6 Å². The second-order valence-electron chi connectivity index (χ2n) is 5.52. The summed E-state index contributed by atoms with van der Waals surface area (Å²) in [5, 5.41) is 7.90. The lowest BCUT2D eigenvalue weighted by Gasteiger charge is -2.05. The van der Waals surface area contributed by atoms with Gasteiger partial charge in [0.2, 0.25) is 16.6 Å². The molecule has 0 spiro atoms. The molecule has 0 aliphatic heterocycles. The Bertz CT molecular complexity index is 785. The largest absolute Gasteiger partial charge is 0.350 e. The lowest BCUT2D eigenvalue weighted by molar-refractivity contribution is -0.684. The molecule has 1 aromatic carbocycles. The van der Waals surface area contributed by atoms with E-state index in [4.69, 9.17) is 5.14 Å². The molecule has 3 N–H and O–H groups in total. The maximum atomic E-state index is 11.9. The smallest absolute Gasteiger partial charge is 0.285 e. The number of carbonyl (C=O) groups is 1. The fraction of sp³-hybridized carbons (Fsp3) is 0.294. The van der Waals surface area contributed by atoms with Gasteiger partial charge in [0.15, 0.2) is 12.4 Å². The number of nitrogens with one attached hydrogen (secondary N) is 1. The van der Waals surface area contributed by atoms with Crippen LogP contribution in [0.5, 0.6) is 0 Å². The summed E-state index contributed by atoms with van der Waals surface area (Å²) < 4.78 is 24.2. The minimum absolute atomic E-state index is 0.0644. The number of aromatic nitrogens is 1. The van der Waals surface area contributed by atoms with Crippen molar-refractivity contribution >= 4 is 15.9 Å². The first kappa shape index (κ1) is 18.1. The van der Waals surface area contributed by atoms with Gasteiger partial charge in [-0.05, 0) is 36.1 Å². The van der Waals surface area contributed by atoms with Crippen molar-refractivity contribution < 1.29 is 17.8 Å². The molecule has 0 bridgehead atoms. The number of carbonyl (C=O) groups excluding carboxylic acids is 1. The Labute approximate surface area is 142 Å². The van der Waals surface area contributed by atoms with Gasteiger partial charge in [-0.3, -0.25) is 4.79 Å². The average molecular weight is 348 g/mol. The van der Waals surface area contributed by atoms with E-state index in [1.54, 1.807) is 12.1 Å². The topological polar surface area (TPSA) is 93.1 Å². The van der Waals surface area contributed by atoms with Crippen molar-refractivity contribution in [1.82, 2.24) is 5.32 Å². The number of hydrogen-bond acceptors (Lipinski definition) is 3. The highest BCUT2D eigenvalue weighted by atomic mass is 32.2. The van der Waals surface area contributed by atoms with Crippen LogP contribution in [0.3, 0.4) is 0 Å². The third kappa shape index (κ3) is 5.43. The molecule has 0 radical (unpaired) electrons. The predicted molar refractivity (Wildman–Crippen MR) is 90.5 cm³/mol. The summed E-state index contributed by atoms with van der Waals surface area (Å²) in [7, 11) is -3.67. The fourth-order valence-electron chi connectivity index (χ4n) is 2.24. The molecule has 0 atom stereocenters. The highest BCUT2D eigenvalue weighted by Gasteiger charge is 2.09. The van der Waals surface area contributed by atoms with E-state index in [0.29, 0.717) is 13.0 Å². The van der Waals surface area contributed by atoms with E-state index >= 15 is 0 Å². The molecule has 2 rings (SSSR count). The number of rotatable bonds is 7. The Morgan fingerprint density at radius 3 is 2.25 bits per heavy atom. The van der Waals surface area contributed by atoms with Crippen molar-refractivity contribution in [2.45, 2.75) is 31.2 Å². The summed E-state index contributed by atoms with van der Waals surface area (Å²) in [5.41, 5.74) is 2.16. The quantitative estimate of drug-likeness (QED) is 0.715. The predicted octanol–water partition coefficient (Wildman–Crippen LogP) is 0.543. The Balaban J connectivity index is 1.79. The zero-order valence-corrected chi connectivity index (χ0v) is 14.4. The lowest BCUT2D eigenvalue weighted by Crippen LogP contribution is -2.42. The van der Waals surface area contributed by atoms with Gasteiger partial charge in [-0.2, -0.15) is 4.57 Å². The number of hydrogen-bond donors (Lipinski definition) is 2. The summed E-state index contributed by atoms with van der Waals surface area (Å²) in [6.07, 6.45) is 5.38. The molecule has 0 saturated carbocycles. The molecule has 0 fully saturated rings. The number of nitrogens with zero attached hydrogens (tertiary/aromatic N) is 1. The average Bonchev–Trinajstić information content (AvgIpc) is 2.55. The minimum atomic E-state index is -3.67. The first-order valence-electron chi connectivity index (χ1n) is 7.75. The molecular formula is C17H22N3O3S+. The van der Waals surface area contributed by atoms with Gasteiger partial charge in [0.05, 0.1) is 4.90 Å². The molecule has 0 saturated heterocycles. The third-order valence-electron chi connectivity index (χ3n) is 3.68. The minimum Gasteiger partial charge on any atom is -0.350 e. The standard InChI is InChI=1S/C17H21N3O3S/c1-2-14-8-11-20(12-9-14)13-17(21)19-10-7-15-3-5-16(6-4-15)24(18,22)23/h3-6,8-9,11-12H,2,7,10,13H2,1H3,(H2-,18,19,21,22,23)/p+1. The molecule has 1 aromatic heterocycles. The molecule has 24 heavy (non-hydrogen) atoms. The van der Waals surface area contributed by atoms with Crippen LogP contribution in [0.1, 0.15) is 18.1 Å². The molecule has 1 heterocycles. The van der Waals surface area contributed by atoms with E-state index in [-0.39, 0.29) is 17.3 Å². The zero-order valence-electron chi connectivity index (χ0n) is 13.6. The van der Waals surface area contributed by atoms with Crippen LogP contribution in [0.15, 0.2) is 53.7 Å². The Hall–Kier alpha value is -2.25. The Morgan fingerprint density at radius 2 is 1.71 bits per heavy atom. The van der Waals surface area contributed by atoms with Crippen LogP contribution in [-0.2, 0) is 34.2 Å². The van der Waals surface area contributed by atoms with Gasteiger partial charge in [0.25, 0.3) is 5.91 Å². The summed E-state index contributed by atoms with van der Waals surface area (Å²) in [4.78, 5) is 12.0. The number of sulfonamides is 1. The number of primary sulfonamides is 1. The van der Waals surface area contributed by atoms with Crippen molar-refractivity contribution in [2.75, 3.05) is 6.54 Å². The van der Waals surface area contributed by atoms with Gasteiger partial charge < -0.3 is 5.32 Å². The van der Waals surface area contributed by atoms with Crippen LogP contribution >= 0.6 is 0 Å². The molecule has 0 aliphatic carbocycles. The summed E-state index contributed by atoms with van der Waals surface area (Å²) >= 11 is 0. The molecular weight excluding hydrogens is 326 g/mol. The summed E-state index contributed by atoms with van der Waals surface area (Å²) in [6.45, 7) is 2.84. The maximum Gasteiger partial charge on any atom is 0.285 e. The van der Waals surface area contributed by atoms with Gasteiger partial charge in [-0.15, -0.1) is 0 Å². The van der Waals surface area contributed by atoms with Crippen LogP contribution in [0.2, 0.25) is 0 Å². The van der Waals surface area contributed by atoms with E-state index in [2.05, 4.69) is 12.2 Å². The number of nitrogens with two attached hydrogens (primary N) is 1. The number of benzene rings is 1. The van der Waals surface area contributed by atoms with Gasteiger partial charge in [0.1, 0.15) is 0 Å². The van der Waals surface area contributed by atoms with Crippen molar-refractivity contribution in [2.24, 2.45) is 5.14 Å². The van der Waals surface area contributed by atoms with Crippen molar-refractivity contribution in [3.8, 4) is 0 Å². The Kier molecular flexibility index (Phi) is 6.05. The number of amides is 1. The van der Waals surface area contributed by atoms with Crippen molar-refractivity contribution in [1.29, 1.82) is 0 Å². The van der Waals surface area contributed by atoms with Crippen molar-refractivity contribution in [3.05, 3.63) is 59.9 Å². The highest BCUT2D eigenvalue weighted by Crippen LogP contribution is 2.08. The van der Waals surface area contributed by atoms with Crippen LogP contribution in [-0.4, -0.2) is 20.9 Å². The highest BCUT2D eigenvalue weighted by molar-refractivity contribution is 7.89. The SMILES string of the molecule is CCc1cc[n+](CC(=O)NCCc2ccc(S(N)(=O)=O)cc2)cc1. The maximum absolute atomic E-state index is 11.9. The van der Waals surface area contributed by atoms with E-state index in [1.165, 1.54) is 17.7 Å². The number of pyridine rings is 1. The van der Waals surface area contributed by atoms with E-state index < -0.39 is 10.0 Å². The first-order chi connectivity index (χ1) is 11.4. The molecule has 6 nitrogen and oxygen atoms in total. The van der Waals surface area contributed by atoms with E-state index in [9.17, 15) is 13.2 Å². The van der Waals surface area contributed by atoms with E-state index in [0.717, 1.165) is 12.0 Å². The monoisotopic (exact) mass is 348 g/mol. The van der Waals surface area contributed by atoms with Gasteiger partial charge >= 0.3 is 0 Å². The molecule has 0 aliphatic rings. The third-order valence-corrected chi connectivity index (χ3v) is 4.61. The first-order valence-corrected chi connectivity index (χ1v) is 9.29. The summed E-state index contributed by atoms with van der Waals surface area (Å²) in [5.74, 6) is -0.0644. The van der Waals surface area contributed by atoms with Crippen LogP contribution in [0.4, 0.5) is 0 Å². The molecule has 2 aromatic rings. The molecule has 1 amide bonds. The number of aryl methyl sites for hydroxylation is 1. The second-order valence-corrected chi connectivity index (χ2v) is 7.08. The van der Waals surface area contributed by atoms with Crippen LogP contribution < -0.4 is 15.0 Å². The molecule has 7 heteroatoms.